The molecule has 0 spiro atoms. The van der Waals surface area contributed by atoms with Crippen molar-refractivity contribution in [1.29, 1.82) is 0 Å². The van der Waals surface area contributed by atoms with E-state index in [1.165, 1.54) is 19.3 Å². The summed E-state index contributed by atoms with van der Waals surface area (Å²) in [4.78, 5) is 6.48. The lowest BCUT2D eigenvalue weighted by atomic mass is 10.0. The summed E-state index contributed by atoms with van der Waals surface area (Å²) in [6, 6.07) is 1.79. The van der Waals surface area contributed by atoms with Crippen molar-refractivity contribution in [3.05, 3.63) is 23.6 Å². The fourth-order valence-electron chi connectivity index (χ4n) is 3.73. The van der Waals surface area contributed by atoms with Crippen LogP contribution in [0.4, 0.5) is 10.2 Å². The van der Waals surface area contributed by atoms with Crippen LogP contribution in [0.15, 0.2) is 12.3 Å². The SMILES string of the molecule is CC(C)CNCc1ccnc(N2CC3CCCC3C2)c1F. The number of anilines is 1. The number of nitrogens with one attached hydrogen (secondary N) is 1. The van der Waals surface area contributed by atoms with Crippen molar-refractivity contribution in [2.24, 2.45) is 17.8 Å². The van der Waals surface area contributed by atoms with Crippen molar-refractivity contribution >= 4 is 5.82 Å². The highest BCUT2D eigenvalue weighted by molar-refractivity contribution is 5.44. The van der Waals surface area contributed by atoms with Crippen LogP contribution in [0.1, 0.15) is 38.7 Å². The van der Waals surface area contributed by atoms with Gasteiger partial charge in [0, 0.05) is 31.4 Å². The average Bonchev–Trinajstić information content (AvgIpc) is 3.01. The molecule has 3 rings (SSSR count). The second-order valence-electron chi connectivity index (χ2n) is 6.99. The van der Waals surface area contributed by atoms with Gasteiger partial charge < -0.3 is 10.2 Å². The van der Waals surface area contributed by atoms with Crippen molar-refractivity contribution in [2.45, 2.75) is 39.7 Å². The number of hydrogen-bond donors (Lipinski definition) is 1. The zero-order valence-electron chi connectivity index (χ0n) is 13.1. The lowest BCUT2D eigenvalue weighted by molar-refractivity contribution is 0.494. The highest BCUT2D eigenvalue weighted by Gasteiger charge is 2.37. The van der Waals surface area contributed by atoms with Gasteiger partial charge in [-0.05, 0) is 43.2 Å². The Labute approximate surface area is 126 Å². The van der Waals surface area contributed by atoms with Gasteiger partial charge in [-0.1, -0.05) is 20.3 Å². The third kappa shape index (κ3) is 3.20. The van der Waals surface area contributed by atoms with Gasteiger partial charge in [-0.2, -0.15) is 0 Å². The first-order chi connectivity index (χ1) is 10.1. The Kier molecular flexibility index (Phi) is 4.43. The molecule has 1 aliphatic heterocycles. The maximum atomic E-state index is 14.7. The van der Waals surface area contributed by atoms with E-state index in [-0.39, 0.29) is 5.82 Å². The summed E-state index contributed by atoms with van der Waals surface area (Å²) < 4.78 is 14.7. The molecule has 1 saturated heterocycles. The number of fused-ring (bicyclic) bond motifs is 1. The molecule has 4 heteroatoms. The number of nitrogens with zero attached hydrogens (tertiary/aromatic N) is 2. The van der Waals surface area contributed by atoms with Crippen LogP contribution in [0.3, 0.4) is 0 Å². The van der Waals surface area contributed by atoms with Gasteiger partial charge >= 0.3 is 0 Å². The Morgan fingerprint density at radius 2 is 2.05 bits per heavy atom. The number of rotatable bonds is 5. The molecule has 2 fully saturated rings. The van der Waals surface area contributed by atoms with E-state index in [4.69, 9.17) is 0 Å². The quantitative estimate of drug-likeness (QED) is 0.903. The van der Waals surface area contributed by atoms with E-state index in [0.717, 1.165) is 37.0 Å². The van der Waals surface area contributed by atoms with Crippen molar-refractivity contribution in [3.63, 3.8) is 0 Å². The van der Waals surface area contributed by atoms with Gasteiger partial charge in [0.15, 0.2) is 11.6 Å². The predicted octanol–water partition coefficient (Wildman–Crippen LogP) is 3.20. The molecule has 0 amide bonds. The standard InChI is InChI=1S/C17H26FN3/c1-12(2)8-19-9-13-6-7-20-17(16(13)18)21-10-14-4-3-5-15(14)11-21/h6-7,12,14-15,19H,3-5,8-11H2,1-2H3. The van der Waals surface area contributed by atoms with Gasteiger partial charge in [0.25, 0.3) is 0 Å². The highest BCUT2D eigenvalue weighted by atomic mass is 19.1. The molecule has 0 radical (unpaired) electrons. The number of hydrogen-bond acceptors (Lipinski definition) is 3. The number of pyridine rings is 1. The van der Waals surface area contributed by atoms with E-state index in [0.29, 0.717) is 18.3 Å². The second-order valence-corrected chi connectivity index (χ2v) is 6.99. The number of aromatic nitrogens is 1. The van der Waals surface area contributed by atoms with Crippen LogP contribution in [0.5, 0.6) is 0 Å². The van der Waals surface area contributed by atoms with Crippen LogP contribution in [0, 0.1) is 23.6 Å². The van der Waals surface area contributed by atoms with E-state index in [9.17, 15) is 4.39 Å². The summed E-state index contributed by atoms with van der Waals surface area (Å²) in [5.74, 6) is 2.53. The topological polar surface area (TPSA) is 28.2 Å². The van der Waals surface area contributed by atoms with E-state index < -0.39 is 0 Å². The second kappa shape index (κ2) is 6.30. The smallest absolute Gasteiger partial charge is 0.170 e. The molecule has 2 heterocycles. The largest absolute Gasteiger partial charge is 0.354 e. The fourth-order valence-corrected chi connectivity index (χ4v) is 3.73. The van der Waals surface area contributed by atoms with Gasteiger partial charge in [0.2, 0.25) is 0 Å². The Bertz CT molecular complexity index is 477. The van der Waals surface area contributed by atoms with E-state index in [2.05, 4.69) is 29.0 Å². The van der Waals surface area contributed by atoms with Crippen molar-refractivity contribution in [1.82, 2.24) is 10.3 Å². The van der Waals surface area contributed by atoms with Crippen LogP contribution in [-0.2, 0) is 6.54 Å². The summed E-state index contributed by atoms with van der Waals surface area (Å²) in [5.41, 5.74) is 0.734. The van der Waals surface area contributed by atoms with Gasteiger partial charge in [-0.15, -0.1) is 0 Å². The Hall–Kier alpha value is -1.16. The first kappa shape index (κ1) is 14.8. The first-order valence-electron chi connectivity index (χ1n) is 8.24. The maximum Gasteiger partial charge on any atom is 0.170 e. The molecule has 0 bridgehead atoms. The maximum absolute atomic E-state index is 14.7. The van der Waals surface area contributed by atoms with Gasteiger partial charge in [0.1, 0.15) is 0 Å². The third-order valence-corrected chi connectivity index (χ3v) is 4.84. The van der Waals surface area contributed by atoms with Crippen molar-refractivity contribution < 1.29 is 4.39 Å². The molecule has 0 aromatic carbocycles. The van der Waals surface area contributed by atoms with Gasteiger partial charge in [-0.25, -0.2) is 9.37 Å². The van der Waals surface area contributed by atoms with E-state index >= 15 is 0 Å². The minimum Gasteiger partial charge on any atom is -0.354 e. The third-order valence-electron chi connectivity index (χ3n) is 4.84. The summed E-state index contributed by atoms with van der Waals surface area (Å²) >= 11 is 0. The van der Waals surface area contributed by atoms with Crippen LogP contribution in [0.25, 0.3) is 0 Å². The average molecular weight is 291 g/mol. The summed E-state index contributed by atoms with van der Waals surface area (Å²) in [5, 5.41) is 3.31. The van der Waals surface area contributed by atoms with Crippen molar-refractivity contribution in [3.8, 4) is 0 Å². The van der Waals surface area contributed by atoms with Crippen LogP contribution >= 0.6 is 0 Å². The van der Waals surface area contributed by atoms with E-state index in [1.807, 2.05) is 0 Å². The Morgan fingerprint density at radius 3 is 2.71 bits per heavy atom. The molecular weight excluding hydrogens is 265 g/mol. The summed E-state index contributed by atoms with van der Waals surface area (Å²) in [6.07, 6.45) is 5.70. The first-order valence-corrected chi connectivity index (χ1v) is 8.24. The molecule has 2 aliphatic rings. The minimum atomic E-state index is -0.131. The normalized spacial score (nSPS) is 24.9. The molecule has 1 aromatic rings. The van der Waals surface area contributed by atoms with Gasteiger partial charge in [-0.3, -0.25) is 0 Å². The minimum absolute atomic E-state index is 0.131. The molecule has 2 unspecified atom stereocenters. The highest BCUT2D eigenvalue weighted by Crippen LogP contribution is 2.39. The summed E-state index contributed by atoms with van der Waals surface area (Å²) in [7, 11) is 0. The molecule has 3 nitrogen and oxygen atoms in total. The van der Waals surface area contributed by atoms with E-state index in [1.54, 1.807) is 12.3 Å². The van der Waals surface area contributed by atoms with Crippen LogP contribution in [0.2, 0.25) is 0 Å². The lowest BCUT2D eigenvalue weighted by Gasteiger charge is -2.20. The monoisotopic (exact) mass is 291 g/mol. The van der Waals surface area contributed by atoms with Crippen molar-refractivity contribution in [2.75, 3.05) is 24.5 Å². The molecule has 1 N–H and O–H groups in total. The van der Waals surface area contributed by atoms with Crippen LogP contribution < -0.4 is 10.2 Å². The van der Waals surface area contributed by atoms with Gasteiger partial charge in [0.05, 0.1) is 0 Å². The molecule has 116 valence electrons. The molecule has 1 saturated carbocycles. The Balaban J connectivity index is 1.68. The number of halogens is 1. The van der Waals surface area contributed by atoms with Crippen LogP contribution in [-0.4, -0.2) is 24.6 Å². The molecule has 1 aliphatic carbocycles. The molecule has 21 heavy (non-hydrogen) atoms. The zero-order chi connectivity index (χ0) is 14.8. The molecular formula is C17H26FN3. The molecule has 2 atom stereocenters. The Morgan fingerprint density at radius 1 is 1.33 bits per heavy atom. The lowest BCUT2D eigenvalue weighted by Crippen LogP contribution is -2.25. The predicted molar refractivity (Wildman–Crippen MR) is 83.8 cm³/mol. The summed E-state index contributed by atoms with van der Waals surface area (Å²) in [6.45, 7) is 7.77. The molecule has 1 aromatic heterocycles. The zero-order valence-corrected chi connectivity index (χ0v) is 13.1. The fraction of sp³-hybridized carbons (Fsp3) is 0.706.